The molecule has 2 rings (SSSR count). The van der Waals surface area contributed by atoms with Gasteiger partial charge >= 0.3 is 0 Å². The van der Waals surface area contributed by atoms with Gasteiger partial charge < -0.3 is 14.8 Å². The van der Waals surface area contributed by atoms with Crippen LogP contribution in [-0.2, 0) is 10.0 Å². The Kier molecular flexibility index (Phi) is 6.49. The topological polar surface area (TPSA) is 67.9 Å². The Morgan fingerprint density at radius 3 is 2.36 bits per heavy atom. The standard InChI is InChI=1S/C14H22N2O4S.ClH/c1-10-7-12(19-3)13(20-4)8-14(10)21(17,18)16-6-5-15-11(2)9-16;/h7-8,11,15H,5-6,9H2,1-4H3;1H/t11-;/m1./s1. The van der Waals surface area contributed by atoms with E-state index >= 15 is 0 Å². The zero-order valence-electron chi connectivity index (χ0n) is 13.3. The number of methoxy groups -OCH3 is 2. The predicted octanol–water partition coefficient (Wildman–Crippen LogP) is 1.42. The van der Waals surface area contributed by atoms with Gasteiger partial charge in [-0.15, -0.1) is 12.4 Å². The summed E-state index contributed by atoms with van der Waals surface area (Å²) in [4.78, 5) is 0.272. The number of halogens is 1. The van der Waals surface area contributed by atoms with Crippen molar-refractivity contribution >= 4 is 22.4 Å². The molecular formula is C14H23ClN2O4S. The van der Waals surface area contributed by atoms with E-state index in [-0.39, 0.29) is 23.3 Å². The van der Waals surface area contributed by atoms with Gasteiger partial charge in [0.05, 0.1) is 19.1 Å². The molecule has 1 saturated heterocycles. The molecule has 0 aliphatic carbocycles. The van der Waals surface area contributed by atoms with Crippen molar-refractivity contribution in [1.82, 2.24) is 9.62 Å². The van der Waals surface area contributed by atoms with E-state index in [2.05, 4.69) is 5.32 Å². The lowest BCUT2D eigenvalue weighted by atomic mass is 10.2. The molecule has 0 spiro atoms. The second-order valence-electron chi connectivity index (χ2n) is 5.19. The molecule has 0 saturated carbocycles. The van der Waals surface area contributed by atoms with E-state index in [9.17, 15) is 8.42 Å². The van der Waals surface area contributed by atoms with Crippen molar-refractivity contribution in [2.75, 3.05) is 33.9 Å². The van der Waals surface area contributed by atoms with Gasteiger partial charge in [-0.2, -0.15) is 4.31 Å². The number of nitrogens with one attached hydrogen (secondary N) is 1. The van der Waals surface area contributed by atoms with Gasteiger partial charge in [-0.25, -0.2) is 8.42 Å². The van der Waals surface area contributed by atoms with E-state index in [1.807, 2.05) is 6.92 Å². The smallest absolute Gasteiger partial charge is 0.243 e. The number of hydrogen-bond acceptors (Lipinski definition) is 5. The fraction of sp³-hybridized carbons (Fsp3) is 0.571. The van der Waals surface area contributed by atoms with Crippen molar-refractivity contribution in [2.24, 2.45) is 0 Å². The third kappa shape index (κ3) is 3.65. The molecule has 22 heavy (non-hydrogen) atoms. The number of sulfonamides is 1. The maximum absolute atomic E-state index is 12.8. The lowest BCUT2D eigenvalue weighted by molar-refractivity contribution is 0.309. The second kappa shape index (κ2) is 7.50. The summed E-state index contributed by atoms with van der Waals surface area (Å²) in [5.74, 6) is 0.951. The van der Waals surface area contributed by atoms with Crippen LogP contribution in [0.2, 0.25) is 0 Å². The van der Waals surface area contributed by atoms with Crippen molar-refractivity contribution in [3.05, 3.63) is 17.7 Å². The summed E-state index contributed by atoms with van der Waals surface area (Å²) in [6.07, 6.45) is 0. The van der Waals surface area contributed by atoms with E-state index in [1.54, 1.807) is 13.0 Å². The predicted molar refractivity (Wildman–Crippen MR) is 87.8 cm³/mol. The van der Waals surface area contributed by atoms with Gasteiger partial charge in [0.1, 0.15) is 0 Å². The van der Waals surface area contributed by atoms with Crippen LogP contribution < -0.4 is 14.8 Å². The average molecular weight is 351 g/mol. The molecular weight excluding hydrogens is 328 g/mol. The van der Waals surface area contributed by atoms with Gasteiger partial charge in [-0.3, -0.25) is 0 Å². The van der Waals surface area contributed by atoms with Crippen molar-refractivity contribution < 1.29 is 17.9 Å². The Bertz CT molecular complexity index is 622. The molecule has 1 aromatic carbocycles. The van der Waals surface area contributed by atoms with Crippen molar-refractivity contribution in [3.63, 3.8) is 0 Å². The second-order valence-corrected chi connectivity index (χ2v) is 7.10. The molecule has 0 radical (unpaired) electrons. The molecule has 1 N–H and O–H groups in total. The molecule has 1 aliphatic rings. The van der Waals surface area contributed by atoms with E-state index in [4.69, 9.17) is 9.47 Å². The Hall–Kier alpha value is -1.02. The summed E-state index contributed by atoms with van der Waals surface area (Å²) in [6.45, 7) is 5.34. The summed E-state index contributed by atoms with van der Waals surface area (Å²) in [5, 5.41) is 3.24. The van der Waals surface area contributed by atoms with Crippen LogP contribution in [0.3, 0.4) is 0 Å². The summed E-state index contributed by atoms with van der Waals surface area (Å²) < 4.78 is 37.6. The number of ether oxygens (including phenoxy) is 2. The first-order valence-corrected chi connectivity index (χ1v) is 8.30. The van der Waals surface area contributed by atoms with Gasteiger partial charge in [0.15, 0.2) is 11.5 Å². The number of benzene rings is 1. The molecule has 1 atom stereocenters. The summed E-state index contributed by atoms with van der Waals surface area (Å²) in [5.41, 5.74) is 0.652. The number of aryl methyl sites for hydroxylation is 1. The summed E-state index contributed by atoms with van der Waals surface area (Å²) >= 11 is 0. The van der Waals surface area contributed by atoms with Crippen LogP contribution in [0.25, 0.3) is 0 Å². The van der Waals surface area contributed by atoms with Gasteiger partial charge in [0.2, 0.25) is 10.0 Å². The van der Waals surface area contributed by atoms with Crippen LogP contribution in [0.1, 0.15) is 12.5 Å². The number of rotatable bonds is 4. The van der Waals surface area contributed by atoms with Crippen LogP contribution in [0, 0.1) is 6.92 Å². The minimum atomic E-state index is -3.53. The monoisotopic (exact) mass is 350 g/mol. The molecule has 1 aromatic rings. The highest BCUT2D eigenvalue weighted by Crippen LogP contribution is 2.33. The average Bonchev–Trinajstić information content (AvgIpc) is 2.46. The summed E-state index contributed by atoms with van der Waals surface area (Å²) in [6, 6.07) is 3.38. The summed E-state index contributed by atoms with van der Waals surface area (Å²) in [7, 11) is -0.498. The number of piperazine rings is 1. The molecule has 0 amide bonds. The molecule has 1 fully saturated rings. The van der Waals surface area contributed by atoms with E-state index in [0.29, 0.717) is 36.7 Å². The maximum atomic E-state index is 12.8. The minimum Gasteiger partial charge on any atom is -0.493 e. The normalized spacial score (nSPS) is 19.4. The molecule has 0 aromatic heterocycles. The van der Waals surface area contributed by atoms with Crippen molar-refractivity contribution in [2.45, 2.75) is 24.8 Å². The largest absolute Gasteiger partial charge is 0.493 e. The third-order valence-electron chi connectivity index (χ3n) is 3.63. The number of nitrogens with zero attached hydrogens (tertiary/aromatic N) is 1. The molecule has 0 bridgehead atoms. The minimum absolute atomic E-state index is 0. The van der Waals surface area contributed by atoms with E-state index in [0.717, 1.165) is 0 Å². The Balaban J connectivity index is 0.00000242. The third-order valence-corrected chi connectivity index (χ3v) is 5.64. The van der Waals surface area contributed by atoms with E-state index in [1.165, 1.54) is 24.6 Å². The molecule has 1 aliphatic heterocycles. The maximum Gasteiger partial charge on any atom is 0.243 e. The Morgan fingerprint density at radius 1 is 1.23 bits per heavy atom. The first-order chi connectivity index (χ1) is 9.90. The van der Waals surface area contributed by atoms with Crippen LogP contribution >= 0.6 is 12.4 Å². The molecule has 1 heterocycles. The van der Waals surface area contributed by atoms with Gasteiger partial charge in [-0.1, -0.05) is 0 Å². The highest BCUT2D eigenvalue weighted by atomic mass is 35.5. The zero-order valence-corrected chi connectivity index (χ0v) is 14.9. The first-order valence-electron chi connectivity index (χ1n) is 6.86. The van der Waals surface area contributed by atoms with Crippen molar-refractivity contribution in [3.8, 4) is 11.5 Å². The fourth-order valence-corrected chi connectivity index (χ4v) is 4.25. The molecule has 126 valence electrons. The molecule has 6 nitrogen and oxygen atoms in total. The number of hydrogen-bond donors (Lipinski definition) is 1. The van der Waals surface area contributed by atoms with Gasteiger partial charge in [0, 0.05) is 31.7 Å². The van der Waals surface area contributed by atoms with Crippen LogP contribution in [0.15, 0.2) is 17.0 Å². The Morgan fingerprint density at radius 2 is 1.82 bits per heavy atom. The molecule has 0 unspecified atom stereocenters. The van der Waals surface area contributed by atoms with Gasteiger partial charge in [-0.05, 0) is 25.5 Å². The van der Waals surface area contributed by atoms with Crippen LogP contribution in [-0.4, -0.2) is 52.6 Å². The highest BCUT2D eigenvalue weighted by molar-refractivity contribution is 7.89. The highest BCUT2D eigenvalue weighted by Gasteiger charge is 2.30. The van der Waals surface area contributed by atoms with Gasteiger partial charge in [0.25, 0.3) is 0 Å². The lowest BCUT2D eigenvalue weighted by Gasteiger charge is -2.31. The Labute approximate surface area is 138 Å². The SMILES string of the molecule is COc1cc(C)c(S(=O)(=O)N2CCN[C@H](C)C2)cc1OC.Cl. The zero-order chi connectivity index (χ0) is 15.6. The molecule has 8 heteroatoms. The fourth-order valence-electron chi connectivity index (χ4n) is 2.49. The lowest BCUT2D eigenvalue weighted by Crippen LogP contribution is -2.51. The quantitative estimate of drug-likeness (QED) is 0.889. The van der Waals surface area contributed by atoms with Crippen LogP contribution in [0.4, 0.5) is 0 Å². The van der Waals surface area contributed by atoms with E-state index < -0.39 is 10.0 Å². The van der Waals surface area contributed by atoms with Crippen LogP contribution in [0.5, 0.6) is 11.5 Å². The first kappa shape index (κ1) is 19.0. The van der Waals surface area contributed by atoms with Crippen molar-refractivity contribution in [1.29, 1.82) is 0 Å².